The summed E-state index contributed by atoms with van der Waals surface area (Å²) in [6.07, 6.45) is 0.136. The van der Waals surface area contributed by atoms with Crippen LogP contribution in [0.5, 0.6) is 0 Å². The molecule has 1 heterocycles. The third-order valence-corrected chi connectivity index (χ3v) is 5.40. The monoisotopic (exact) mass is 322 g/mol. The van der Waals surface area contributed by atoms with Gasteiger partial charge >= 0.3 is 0 Å². The number of hydrogen-bond donors (Lipinski definition) is 1. The van der Waals surface area contributed by atoms with E-state index in [-0.39, 0.29) is 41.9 Å². The van der Waals surface area contributed by atoms with Gasteiger partial charge in [0, 0.05) is 31.1 Å². The molecule has 19 heavy (non-hydrogen) atoms. The maximum atomic E-state index is 12.5. The van der Waals surface area contributed by atoms with Crippen LogP contribution in [-0.2, 0) is 14.8 Å². The van der Waals surface area contributed by atoms with Crippen molar-refractivity contribution in [2.75, 3.05) is 19.6 Å². The molecule has 1 amide bonds. The zero-order chi connectivity index (χ0) is 14.0. The van der Waals surface area contributed by atoms with Crippen LogP contribution in [0.3, 0.4) is 0 Å². The Morgan fingerprint density at radius 2 is 1.95 bits per heavy atom. The maximum Gasteiger partial charge on any atom is 0.244 e. The van der Waals surface area contributed by atoms with Crippen LogP contribution >= 0.6 is 23.2 Å². The highest BCUT2D eigenvalue weighted by molar-refractivity contribution is 7.89. The minimum Gasteiger partial charge on any atom is -0.355 e. The number of rotatable bonds is 2. The van der Waals surface area contributed by atoms with Crippen LogP contribution in [0.2, 0.25) is 10.0 Å². The SMILES string of the molecule is O=C1CCN(S(=O)(=O)c2cc(Cl)ccc2Cl)CCN1. The van der Waals surface area contributed by atoms with E-state index in [0.717, 1.165) is 0 Å². The minimum absolute atomic E-state index is 0.0315. The highest BCUT2D eigenvalue weighted by Gasteiger charge is 2.28. The topological polar surface area (TPSA) is 66.5 Å². The van der Waals surface area contributed by atoms with Crippen molar-refractivity contribution >= 4 is 39.1 Å². The van der Waals surface area contributed by atoms with Gasteiger partial charge in [0.2, 0.25) is 15.9 Å². The molecule has 1 fully saturated rings. The van der Waals surface area contributed by atoms with Crippen LogP contribution in [0, 0.1) is 0 Å². The normalized spacial score (nSPS) is 17.9. The molecule has 0 spiro atoms. The van der Waals surface area contributed by atoms with Crippen molar-refractivity contribution in [2.45, 2.75) is 11.3 Å². The van der Waals surface area contributed by atoms with Gasteiger partial charge in [-0.05, 0) is 18.2 Å². The fourth-order valence-corrected chi connectivity index (χ4v) is 3.98. The van der Waals surface area contributed by atoms with Gasteiger partial charge in [0.15, 0.2) is 0 Å². The molecule has 1 N–H and O–H groups in total. The lowest BCUT2D eigenvalue weighted by Gasteiger charge is -2.20. The summed E-state index contributed by atoms with van der Waals surface area (Å²) in [6.45, 7) is 0.643. The molecule has 1 aromatic rings. The highest BCUT2D eigenvalue weighted by Crippen LogP contribution is 2.27. The zero-order valence-corrected chi connectivity index (χ0v) is 12.2. The molecule has 0 radical (unpaired) electrons. The molecule has 0 atom stereocenters. The molecule has 0 aromatic heterocycles. The Labute approximate surface area is 121 Å². The molecular formula is C11H12Cl2N2O3S. The molecule has 0 unspecified atom stereocenters. The Hall–Kier alpha value is -0.820. The summed E-state index contributed by atoms with van der Waals surface area (Å²) in [5.41, 5.74) is 0. The fourth-order valence-electron chi connectivity index (χ4n) is 1.80. The first kappa shape index (κ1) is 14.6. The molecule has 2 rings (SSSR count). The molecule has 1 aromatic carbocycles. The molecule has 1 aliphatic rings. The lowest BCUT2D eigenvalue weighted by atomic mass is 10.4. The van der Waals surface area contributed by atoms with Gasteiger partial charge in [0.1, 0.15) is 4.90 Å². The van der Waals surface area contributed by atoms with Gasteiger partial charge in [0.25, 0.3) is 0 Å². The zero-order valence-electron chi connectivity index (χ0n) is 9.90. The van der Waals surface area contributed by atoms with E-state index in [4.69, 9.17) is 23.2 Å². The van der Waals surface area contributed by atoms with Crippen molar-refractivity contribution in [2.24, 2.45) is 0 Å². The van der Waals surface area contributed by atoms with E-state index in [1.807, 2.05) is 0 Å². The number of halogens is 2. The predicted octanol–water partition coefficient (Wildman–Crippen LogP) is 1.50. The second-order valence-corrected chi connectivity index (χ2v) is 6.83. The summed E-state index contributed by atoms with van der Waals surface area (Å²) in [5.74, 6) is -0.158. The molecule has 0 aliphatic carbocycles. The Kier molecular flexibility index (Phi) is 4.35. The Bertz CT molecular complexity index is 604. The number of nitrogens with zero attached hydrogens (tertiary/aromatic N) is 1. The van der Waals surface area contributed by atoms with Crippen LogP contribution in [0.4, 0.5) is 0 Å². The van der Waals surface area contributed by atoms with Crippen LogP contribution in [0.15, 0.2) is 23.1 Å². The van der Waals surface area contributed by atoms with E-state index in [0.29, 0.717) is 5.02 Å². The summed E-state index contributed by atoms with van der Waals surface area (Å²) in [7, 11) is -3.74. The second kappa shape index (κ2) is 5.66. The first-order valence-corrected chi connectivity index (χ1v) is 7.83. The average molecular weight is 323 g/mol. The van der Waals surface area contributed by atoms with Crippen LogP contribution in [-0.4, -0.2) is 38.3 Å². The van der Waals surface area contributed by atoms with Crippen LogP contribution < -0.4 is 5.32 Å². The third-order valence-electron chi connectivity index (χ3n) is 2.78. The summed E-state index contributed by atoms with van der Waals surface area (Å²) >= 11 is 11.7. The number of nitrogens with one attached hydrogen (secondary N) is 1. The fraction of sp³-hybridized carbons (Fsp3) is 0.364. The Morgan fingerprint density at radius 3 is 2.68 bits per heavy atom. The molecule has 0 saturated carbocycles. The third kappa shape index (κ3) is 3.20. The second-order valence-electron chi connectivity index (χ2n) is 4.08. The van der Waals surface area contributed by atoms with E-state index in [2.05, 4.69) is 5.32 Å². The van der Waals surface area contributed by atoms with E-state index >= 15 is 0 Å². The van der Waals surface area contributed by atoms with E-state index < -0.39 is 10.0 Å². The van der Waals surface area contributed by atoms with Crippen molar-refractivity contribution in [3.05, 3.63) is 28.2 Å². The predicted molar refractivity (Wildman–Crippen MR) is 72.8 cm³/mol. The molecule has 1 aliphatic heterocycles. The summed E-state index contributed by atoms with van der Waals surface area (Å²) in [6, 6.07) is 4.29. The minimum atomic E-state index is -3.74. The average Bonchev–Trinajstić information content (AvgIpc) is 2.57. The van der Waals surface area contributed by atoms with Crippen molar-refractivity contribution < 1.29 is 13.2 Å². The molecule has 0 bridgehead atoms. The van der Waals surface area contributed by atoms with E-state index in [1.54, 1.807) is 0 Å². The van der Waals surface area contributed by atoms with Gasteiger partial charge in [0.05, 0.1) is 5.02 Å². The number of carbonyl (C=O) groups is 1. The quantitative estimate of drug-likeness (QED) is 0.897. The summed E-state index contributed by atoms with van der Waals surface area (Å²) in [4.78, 5) is 11.2. The lowest BCUT2D eigenvalue weighted by molar-refractivity contribution is -0.120. The van der Waals surface area contributed by atoms with Gasteiger partial charge < -0.3 is 5.32 Å². The van der Waals surface area contributed by atoms with Gasteiger partial charge in [-0.1, -0.05) is 23.2 Å². The molecule has 5 nitrogen and oxygen atoms in total. The molecular weight excluding hydrogens is 311 g/mol. The van der Waals surface area contributed by atoms with Crippen molar-refractivity contribution in [1.82, 2.24) is 9.62 Å². The first-order valence-electron chi connectivity index (χ1n) is 5.63. The molecule has 104 valence electrons. The van der Waals surface area contributed by atoms with Crippen molar-refractivity contribution in [3.8, 4) is 0 Å². The van der Waals surface area contributed by atoms with Gasteiger partial charge in [-0.15, -0.1) is 0 Å². The molecule has 1 saturated heterocycles. The largest absolute Gasteiger partial charge is 0.355 e. The van der Waals surface area contributed by atoms with Gasteiger partial charge in [-0.3, -0.25) is 4.79 Å². The smallest absolute Gasteiger partial charge is 0.244 e. The standard InChI is InChI=1S/C11H12Cl2N2O3S/c12-8-1-2-9(13)10(7-8)19(17,18)15-5-3-11(16)14-4-6-15/h1-2,7H,3-6H2,(H,14,16). The van der Waals surface area contributed by atoms with E-state index in [1.165, 1.54) is 22.5 Å². The maximum absolute atomic E-state index is 12.5. The van der Waals surface area contributed by atoms with Gasteiger partial charge in [-0.2, -0.15) is 4.31 Å². The summed E-state index contributed by atoms with van der Waals surface area (Å²) in [5, 5.41) is 3.04. The van der Waals surface area contributed by atoms with Crippen LogP contribution in [0.1, 0.15) is 6.42 Å². The van der Waals surface area contributed by atoms with Crippen molar-refractivity contribution in [3.63, 3.8) is 0 Å². The highest BCUT2D eigenvalue weighted by atomic mass is 35.5. The molecule has 8 heteroatoms. The Morgan fingerprint density at radius 1 is 1.21 bits per heavy atom. The first-order chi connectivity index (χ1) is 8.91. The Balaban J connectivity index is 2.36. The van der Waals surface area contributed by atoms with Crippen LogP contribution in [0.25, 0.3) is 0 Å². The lowest BCUT2D eigenvalue weighted by Crippen LogP contribution is -2.34. The number of amides is 1. The van der Waals surface area contributed by atoms with Gasteiger partial charge in [-0.25, -0.2) is 8.42 Å². The number of carbonyl (C=O) groups excluding carboxylic acids is 1. The van der Waals surface area contributed by atoms with E-state index in [9.17, 15) is 13.2 Å². The number of hydrogen-bond acceptors (Lipinski definition) is 3. The number of sulfonamides is 1. The summed E-state index contributed by atoms with van der Waals surface area (Å²) < 4.78 is 26.2. The number of benzene rings is 1. The van der Waals surface area contributed by atoms with Crippen molar-refractivity contribution in [1.29, 1.82) is 0 Å².